The molecule has 0 spiro atoms. The molecule has 92 valence electrons. The van der Waals surface area contributed by atoms with Crippen molar-refractivity contribution in [3.63, 3.8) is 0 Å². The molecule has 1 heterocycles. The van der Waals surface area contributed by atoms with E-state index in [4.69, 9.17) is 0 Å². The number of nitrogens with one attached hydrogen (secondary N) is 1. The Morgan fingerprint density at radius 3 is 2.31 bits per heavy atom. The summed E-state index contributed by atoms with van der Waals surface area (Å²) in [6.07, 6.45) is 8.43. The molecule has 0 aromatic carbocycles. The van der Waals surface area contributed by atoms with Gasteiger partial charge in [-0.3, -0.25) is 4.79 Å². The zero-order valence-corrected chi connectivity index (χ0v) is 10.4. The maximum Gasteiger partial charge on any atom is 0.225 e. The first kappa shape index (κ1) is 11.9. The molecule has 0 bridgehead atoms. The predicted molar refractivity (Wildman–Crippen MR) is 65.2 cm³/mol. The maximum atomic E-state index is 12.3. The summed E-state index contributed by atoms with van der Waals surface area (Å²) < 4.78 is 0. The van der Waals surface area contributed by atoms with Crippen LogP contribution in [0.15, 0.2) is 0 Å². The van der Waals surface area contributed by atoms with E-state index in [0.29, 0.717) is 11.9 Å². The molecule has 0 aromatic heterocycles. The molecule has 1 saturated carbocycles. The van der Waals surface area contributed by atoms with Gasteiger partial charge in [-0.05, 0) is 38.8 Å². The van der Waals surface area contributed by atoms with Gasteiger partial charge in [0.1, 0.15) is 0 Å². The second-order valence-corrected chi connectivity index (χ2v) is 5.27. The fraction of sp³-hybridized carbons (Fsp3) is 0.923. The van der Waals surface area contributed by atoms with E-state index in [9.17, 15) is 4.79 Å². The highest BCUT2D eigenvalue weighted by Crippen LogP contribution is 2.24. The Morgan fingerprint density at radius 2 is 1.69 bits per heavy atom. The topological polar surface area (TPSA) is 32.3 Å². The van der Waals surface area contributed by atoms with Crippen LogP contribution in [0.5, 0.6) is 0 Å². The van der Waals surface area contributed by atoms with Gasteiger partial charge in [0.05, 0.1) is 0 Å². The molecule has 3 nitrogen and oxygen atoms in total. The van der Waals surface area contributed by atoms with Crippen LogP contribution < -0.4 is 5.32 Å². The van der Waals surface area contributed by atoms with Gasteiger partial charge in [-0.2, -0.15) is 0 Å². The van der Waals surface area contributed by atoms with Crippen molar-refractivity contribution in [2.24, 2.45) is 5.92 Å². The lowest BCUT2D eigenvalue weighted by Gasteiger charge is -2.34. The molecule has 2 rings (SSSR count). The summed E-state index contributed by atoms with van der Waals surface area (Å²) in [6.45, 7) is 2.02. The Hall–Kier alpha value is -0.570. The van der Waals surface area contributed by atoms with E-state index < -0.39 is 0 Å². The largest absolute Gasteiger partial charge is 0.343 e. The molecular weight excluding hydrogens is 200 g/mol. The van der Waals surface area contributed by atoms with Gasteiger partial charge < -0.3 is 10.2 Å². The summed E-state index contributed by atoms with van der Waals surface area (Å²) in [5.74, 6) is 0.682. The Kier molecular flexibility index (Phi) is 4.22. The average Bonchev–Trinajstić information content (AvgIpc) is 2.39. The lowest BCUT2D eigenvalue weighted by molar-refractivity contribution is -0.137. The summed E-state index contributed by atoms with van der Waals surface area (Å²) in [4.78, 5) is 14.3. The van der Waals surface area contributed by atoms with Crippen molar-refractivity contribution < 1.29 is 4.79 Å². The number of hydrogen-bond donors (Lipinski definition) is 1. The first-order valence-electron chi connectivity index (χ1n) is 6.76. The van der Waals surface area contributed by atoms with Crippen LogP contribution in [0.2, 0.25) is 0 Å². The van der Waals surface area contributed by atoms with Crippen LogP contribution in [0.25, 0.3) is 0 Å². The number of amides is 1. The van der Waals surface area contributed by atoms with Gasteiger partial charge in [-0.15, -0.1) is 0 Å². The van der Waals surface area contributed by atoms with E-state index in [0.717, 1.165) is 25.9 Å². The lowest BCUT2D eigenvalue weighted by Crippen LogP contribution is -2.44. The van der Waals surface area contributed by atoms with Gasteiger partial charge in [0.15, 0.2) is 0 Å². The zero-order chi connectivity index (χ0) is 11.4. The van der Waals surface area contributed by atoms with E-state index >= 15 is 0 Å². The first-order valence-corrected chi connectivity index (χ1v) is 6.76. The molecule has 1 N–H and O–H groups in total. The van der Waals surface area contributed by atoms with Gasteiger partial charge in [0, 0.05) is 19.0 Å². The number of carbonyl (C=O) groups excluding carboxylic acids is 1. The minimum absolute atomic E-state index is 0.285. The summed E-state index contributed by atoms with van der Waals surface area (Å²) in [5, 5.41) is 3.32. The van der Waals surface area contributed by atoms with Crippen molar-refractivity contribution in [1.29, 1.82) is 0 Å². The third-order valence-corrected chi connectivity index (χ3v) is 4.16. The third-order valence-electron chi connectivity index (χ3n) is 4.16. The van der Waals surface area contributed by atoms with Gasteiger partial charge in [0.25, 0.3) is 0 Å². The molecule has 16 heavy (non-hydrogen) atoms. The monoisotopic (exact) mass is 224 g/mol. The van der Waals surface area contributed by atoms with Gasteiger partial charge >= 0.3 is 0 Å². The molecule has 1 aliphatic carbocycles. The maximum absolute atomic E-state index is 12.3. The second kappa shape index (κ2) is 5.67. The van der Waals surface area contributed by atoms with E-state index in [-0.39, 0.29) is 5.92 Å². The SMILES string of the molecule is CN(C(=O)C1CCNCC1)C1CCCCC1. The second-order valence-electron chi connectivity index (χ2n) is 5.27. The highest BCUT2D eigenvalue weighted by atomic mass is 16.2. The van der Waals surface area contributed by atoms with Crippen molar-refractivity contribution >= 4 is 5.91 Å². The van der Waals surface area contributed by atoms with Crippen molar-refractivity contribution in [2.45, 2.75) is 51.0 Å². The zero-order valence-electron chi connectivity index (χ0n) is 10.4. The van der Waals surface area contributed by atoms with E-state index in [1.54, 1.807) is 0 Å². The van der Waals surface area contributed by atoms with Crippen LogP contribution >= 0.6 is 0 Å². The molecule has 1 saturated heterocycles. The van der Waals surface area contributed by atoms with Crippen LogP contribution in [0.4, 0.5) is 0 Å². The highest BCUT2D eigenvalue weighted by Gasteiger charge is 2.28. The van der Waals surface area contributed by atoms with Crippen LogP contribution in [0.1, 0.15) is 44.9 Å². The molecule has 0 radical (unpaired) electrons. The molecule has 2 fully saturated rings. The Labute approximate surface area is 98.6 Å². The molecule has 1 amide bonds. The molecule has 0 atom stereocenters. The molecule has 3 heteroatoms. The molecular formula is C13H24N2O. The van der Waals surface area contributed by atoms with Crippen LogP contribution in [0.3, 0.4) is 0 Å². The summed E-state index contributed by atoms with van der Waals surface area (Å²) in [7, 11) is 2.01. The average molecular weight is 224 g/mol. The number of rotatable bonds is 2. The Morgan fingerprint density at radius 1 is 1.06 bits per heavy atom. The molecule has 0 unspecified atom stereocenters. The Bertz CT molecular complexity index is 230. The van der Waals surface area contributed by atoms with Gasteiger partial charge in [0.2, 0.25) is 5.91 Å². The fourth-order valence-corrected chi connectivity index (χ4v) is 3.01. The van der Waals surface area contributed by atoms with Crippen molar-refractivity contribution in [3.05, 3.63) is 0 Å². The van der Waals surface area contributed by atoms with Crippen molar-refractivity contribution in [3.8, 4) is 0 Å². The normalized spacial score (nSPS) is 24.3. The van der Waals surface area contributed by atoms with Crippen molar-refractivity contribution in [1.82, 2.24) is 10.2 Å². The number of piperidine rings is 1. The summed E-state index contributed by atoms with van der Waals surface area (Å²) in [6, 6.07) is 0.524. The summed E-state index contributed by atoms with van der Waals surface area (Å²) >= 11 is 0. The minimum Gasteiger partial charge on any atom is -0.343 e. The highest BCUT2D eigenvalue weighted by molar-refractivity contribution is 5.79. The third kappa shape index (κ3) is 2.76. The van der Waals surface area contributed by atoms with Crippen LogP contribution in [0, 0.1) is 5.92 Å². The number of nitrogens with zero attached hydrogens (tertiary/aromatic N) is 1. The molecule has 2 aliphatic rings. The van der Waals surface area contributed by atoms with Gasteiger partial charge in [-0.1, -0.05) is 19.3 Å². The number of carbonyl (C=O) groups is 1. The first-order chi connectivity index (χ1) is 7.79. The smallest absolute Gasteiger partial charge is 0.225 e. The van der Waals surface area contributed by atoms with E-state index in [2.05, 4.69) is 10.2 Å². The number of hydrogen-bond acceptors (Lipinski definition) is 2. The fourth-order valence-electron chi connectivity index (χ4n) is 3.01. The summed E-state index contributed by atoms with van der Waals surface area (Å²) in [5.41, 5.74) is 0. The van der Waals surface area contributed by atoms with Crippen molar-refractivity contribution in [2.75, 3.05) is 20.1 Å². The van der Waals surface area contributed by atoms with E-state index in [1.165, 1.54) is 32.1 Å². The van der Waals surface area contributed by atoms with Gasteiger partial charge in [-0.25, -0.2) is 0 Å². The quantitative estimate of drug-likeness (QED) is 0.775. The predicted octanol–water partition coefficient (Wildman–Crippen LogP) is 1.78. The van der Waals surface area contributed by atoms with Crippen LogP contribution in [-0.4, -0.2) is 37.0 Å². The molecule has 1 aliphatic heterocycles. The lowest BCUT2D eigenvalue weighted by atomic mass is 9.91. The Balaban J connectivity index is 1.86. The minimum atomic E-state index is 0.285. The van der Waals surface area contributed by atoms with E-state index in [1.807, 2.05) is 7.05 Å². The standard InChI is InChI=1S/C13H24N2O/c1-15(12-5-3-2-4-6-12)13(16)11-7-9-14-10-8-11/h11-12,14H,2-10H2,1H3. The molecule has 0 aromatic rings. The van der Waals surface area contributed by atoms with Crippen LogP contribution in [-0.2, 0) is 4.79 Å².